The van der Waals surface area contributed by atoms with Gasteiger partial charge in [0.15, 0.2) is 0 Å². The Hall–Kier alpha value is -1.11. The van der Waals surface area contributed by atoms with Gasteiger partial charge >= 0.3 is 7.12 Å². The van der Waals surface area contributed by atoms with Crippen LogP contribution in [0.15, 0.2) is 18.5 Å². The fourth-order valence-corrected chi connectivity index (χ4v) is 0.774. The molecule has 6 heteroatoms. The Labute approximate surface area is 70.1 Å². The first-order valence-corrected chi connectivity index (χ1v) is 3.09. The Morgan fingerprint density at radius 2 is 2.17 bits per heavy atom. The molecule has 0 bridgehead atoms. The zero-order valence-electron chi connectivity index (χ0n) is 6.56. The molecule has 0 aromatic carbocycles. The highest BCUT2D eigenvalue weighted by Crippen LogP contribution is 2.02. The van der Waals surface area contributed by atoms with Crippen LogP contribution in [-0.2, 0) is 0 Å². The second-order valence-corrected chi connectivity index (χ2v) is 1.99. The van der Waals surface area contributed by atoms with Gasteiger partial charge in [0.25, 0.3) is 0 Å². The number of ether oxygens (including phenoxy) is 1. The molecule has 4 N–H and O–H groups in total. The second-order valence-electron chi connectivity index (χ2n) is 1.99. The van der Waals surface area contributed by atoms with Crippen molar-refractivity contribution < 1.29 is 20.3 Å². The minimum Gasteiger partial charge on any atom is -0.497 e. The summed E-state index contributed by atoms with van der Waals surface area (Å²) in [6.45, 7) is 0. The number of hydrogen-bond acceptors (Lipinski definition) is 4. The van der Waals surface area contributed by atoms with Crippen molar-refractivity contribution in [2.45, 2.75) is 0 Å². The fraction of sp³-hybridized carbons (Fsp3) is 0.167. The van der Waals surface area contributed by atoms with Crippen LogP contribution in [0.2, 0.25) is 0 Å². The van der Waals surface area contributed by atoms with Crippen molar-refractivity contribution in [2.75, 3.05) is 7.11 Å². The SMILES string of the molecule is COc1ccncc1B(O)O.O. The highest BCUT2D eigenvalue weighted by atomic mass is 16.5. The van der Waals surface area contributed by atoms with Crippen LogP contribution in [0.5, 0.6) is 5.75 Å². The lowest BCUT2D eigenvalue weighted by atomic mass is 9.81. The predicted molar refractivity (Wildman–Crippen MR) is 44.2 cm³/mol. The van der Waals surface area contributed by atoms with Gasteiger partial charge in [-0.15, -0.1) is 0 Å². The fourth-order valence-electron chi connectivity index (χ4n) is 0.774. The summed E-state index contributed by atoms with van der Waals surface area (Å²) in [5.41, 5.74) is 0.273. The van der Waals surface area contributed by atoms with Gasteiger partial charge in [-0.2, -0.15) is 0 Å². The monoisotopic (exact) mass is 171 g/mol. The molecule has 0 aliphatic heterocycles. The third-order valence-corrected chi connectivity index (χ3v) is 1.31. The maximum Gasteiger partial charge on any atom is 0.493 e. The molecule has 1 rings (SSSR count). The van der Waals surface area contributed by atoms with Crippen molar-refractivity contribution in [3.8, 4) is 5.75 Å². The molecule has 5 nitrogen and oxygen atoms in total. The highest BCUT2D eigenvalue weighted by molar-refractivity contribution is 6.59. The summed E-state index contributed by atoms with van der Waals surface area (Å²) >= 11 is 0. The van der Waals surface area contributed by atoms with Crippen molar-refractivity contribution in [3.63, 3.8) is 0 Å². The quantitative estimate of drug-likeness (QED) is 0.500. The van der Waals surface area contributed by atoms with Gasteiger partial charge in [0.2, 0.25) is 0 Å². The molecule has 12 heavy (non-hydrogen) atoms. The molecule has 0 saturated heterocycles. The van der Waals surface area contributed by atoms with Crippen LogP contribution >= 0.6 is 0 Å². The van der Waals surface area contributed by atoms with Gasteiger partial charge in [-0.05, 0) is 6.07 Å². The zero-order chi connectivity index (χ0) is 8.27. The van der Waals surface area contributed by atoms with Crippen LogP contribution in [0.1, 0.15) is 0 Å². The molecule has 1 heterocycles. The molecule has 1 aromatic rings. The number of aromatic nitrogens is 1. The number of pyridine rings is 1. The minimum atomic E-state index is -1.53. The lowest BCUT2D eigenvalue weighted by Gasteiger charge is -2.04. The van der Waals surface area contributed by atoms with E-state index in [1.807, 2.05) is 0 Å². The van der Waals surface area contributed by atoms with Gasteiger partial charge in [0.1, 0.15) is 5.75 Å². The van der Waals surface area contributed by atoms with E-state index in [0.717, 1.165) is 0 Å². The molecule has 0 atom stereocenters. The van der Waals surface area contributed by atoms with Crippen LogP contribution in [-0.4, -0.2) is 34.7 Å². The zero-order valence-corrected chi connectivity index (χ0v) is 6.56. The summed E-state index contributed by atoms with van der Waals surface area (Å²) in [5, 5.41) is 17.5. The number of methoxy groups -OCH3 is 1. The first-order chi connectivity index (χ1) is 5.25. The number of rotatable bonds is 2. The third-order valence-electron chi connectivity index (χ3n) is 1.31. The average molecular weight is 171 g/mol. The molecule has 0 amide bonds. The molecule has 66 valence electrons. The maximum absolute atomic E-state index is 8.77. The summed E-state index contributed by atoms with van der Waals surface area (Å²) in [6, 6.07) is 1.56. The molecular weight excluding hydrogens is 161 g/mol. The van der Waals surface area contributed by atoms with E-state index in [1.54, 1.807) is 6.07 Å². The third kappa shape index (κ3) is 2.19. The van der Waals surface area contributed by atoms with E-state index >= 15 is 0 Å². The van der Waals surface area contributed by atoms with Crippen LogP contribution in [0.25, 0.3) is 0 Å². The molecular formula is C6H10BNO4. The van der Waals surface area contributed by atoms with E-state index < -0.39 is 7.12 Å². The van der Waals surface area contributed by atoms with E-state index in [0.29, 0.717) is 5.75 Å². The molecule has 0 fully saturated rings. The molecule has 0 aliphatic rings. The molecule has 0 radical (unpaired) electrons. The maximum atomic E-state index is 8.77. The van der Waals surface area contributed by atoms with Crippen molar-refractivity contribution >= 4 is 12.6 Å². The lowest BCUT2D eigenvalue weighted by molar-refractivity contribution is 0.402. The average Bonchev–Trinajstić information content (AvgIpc) is 2.04. The van der Waals surface area contributed by atoms with Crippen LogP contribution in [0.3, 0.4) is 0 Å². The van der Waals surface area contributed by atoms with Crippen LogP contribution < -0.4 is 10.2 Å². The standard InChI is InChI=1S/C6H8BNO3.H2O/c1-11-6-2-3-8-4-5(6)7(9)10;/h2-4,9-10H,1H3;1H2. The molecule has 1 aromatic heterocycles. The molecule has 0 unspecified atom stereocenters. The van der Waals surface area contributed by atoms with Crippen molar-refractivity contribution in [1.29, 1.82) is 0 Å². The molecule has 0 aliphatic carbocycles. The van der Waals surface area contributed by atoms with Gasteiger partial charge < -0.3 is 20.3 Å². The summed E-state index contributed by atoms with van der Waals surface area (Å²) in [4.78, 5) is 3.71. The highest BCUT2D eigenvalue weighted by Gasteiger charge is 2.15. The Balaban J connectivity index is 0.00000121. The number of nitrogens with zero attached hydrogens (tertiary/aromatic N) is 1. The van der Waals surface area contributed by atoms with Crippen LogP contribution in [0.4, 0.5) is 0 Å². The van der Waals surface area contributed by atoms with Crippen molar-refractivity contribution in [2.24, 2.45) is 0 Å². The Bertz CT molecular complexity index is 243. The predicted octanol–water partition coefficient (Wildman–Crippen LogP) is -2.05. The topological polar surface area (TPSA) is 94.1 Å². The van der Waals surface area contributed by atoms with Gasteiger partial charge in [-0.3, -0.25) is 4.98 Å². The van der Waals surface area contributed by atoms with E-state index in [4.69, 9.17) is 14.8 Å². The largest absolute Gasteiger partial charge is 0.497 e. The van der Waals surface area contributed by atoms with Gasteiger partial charge in [-0.1, -0.05) is 0 Å². The summed E-state index contributed by atoms with van der Waals surface area (Å²) in [5.74, 6) is 0.426. The van der Waals surface area contributed by atoms with Crippen molar-refractivity contribution in [3.05, 3.63) is 18.5 Å². The Kier molecular flexibility index (Phi) is 4.27. The van der Waals surface area contributed by atoms with Gasteiger partial charge in [0, 0.05) is 17.9 Å². The lowest BCUT2D eigenvalue weighted by Crippen LogP contribution is -2.31. The van der Waals surface area contributed by atoms with Crippen LogP contribution in [0, 0.1) is 0 Å². The first-order valence-electron chi connectivity index (χ1n) is 3.09. The number of hydrogen-bond donors (Lipinski definition) is 2. The van der Waals surface area contributed by atoms with E-state index in [2.05, 4.69) is 4.98 Å². The van der Waals surface area contributed by atoms with Gasteiger partial charge in [0.05, 0.1) is 7.11 Å². The molecule has 0 saturated carbocycles. The first kappa shape index (κ1) is 10.9. The van der Waals surface area contributed by atoms with E-state index in [-0.39, 0.29) is 10.9 Å². The second kappa shape index (κ2) is 4.71. The van der Waals surface area contributed by atoms with E-state index in [1.165, 1.54) is 19.5 Å². The van der Waals surface area contributed by atoms with Crippen molar-refractivity contribution in [1.82, 2.24) is 4.98 Å². The summed E-state index contributed by atoms with van der Waals surface area (Å²) in [6.07, 6.45) is 2.87. The summed E-state index contributed by atoms with van der Waals surface area (Å²) < 4.78 is 4.85. The minimum absolute atomic E-state index is 0. The summed E-state index contributed by atoms with van der Waals surface area (Å²) in [7, 11) is -0.0695. The normalized spacial score (nSPS) is 8.58. The molecule has 0 spiro atoms. The van der Waals surface area contributed by atoms with Gasteiger partial charge in [-0.25, -0.2) is 0 Å². The smallest absolute Gasteiger partial charge is 0.493 e. The van der Waals surface area contributed by atoms with E-state index in [9.17, 15) is 0 Å². The Morgan fingerprint density at radius 1 is 1.50 bits per heavy atom. The Morgan fingerprint density at radius 3 is 2.58 bits per heavy atom.